The monoisotopic (exact) mass is 464 g/mol. The lowest BCUT2D eigenvalue weighted by molar-refractivity contribution is 0.421. The number of rotatable bonds is 11. The number of allylic oxidation sites excluding steroid dienone is 8. The minimum absolute atomic E-state index is 0.0515. The van der Waals surface area contributed by atoms with E-state index >= 15 is 0 Å². The van der Waals surface area contributed by atoms with Gasteiger partial charge in [0, 0.05) is 6.42 Å². The summed E-state index contributed by atoms with van der Waals surface area (Å²) in [5.41, 5.74) is 16.4. The molecule has 0 unspecified atom stereocenters. The third-order valence-electron chi connectivity index (χ3n) is 5.35. The van der Waals surface area contributed by atoms with E-state index in [1.807, 2.05) is 44.2 Å². The number of nitrogens with two attached hydrogens (primary N) is 3. The molecule has 0 aliphatic rings. The normalized spacial score (nSPS) is 15.2. The Kier molecular flexibility index (Phi) is 9.81. The molecule has 0 aromatic heterocycles. The Morgan fingerprint density at radius 1 is 0.879 bits per heavy atom. The van der Waals surface area contributed by atoms with Crippen LogP contribution in [0.1, 0.15) is 34.1 Å². The van der Waals surface area contributed by atoms with Gasteiger partial charge in [0.25, 0.3) is 0 Å². The van der Waals surface area contributed by atoms with Crippen LogP contribution < -0.4 is 22.5 Å². The zero-order chi connectivity index (χ0) is 25.3. The molecule has 1 aromatic carbocycles. The summed E-state index contributed by atoms with van der Waals surface area (Å²) in [5, 5.41) is 3.08. The van der Waals surface area contributed by atoms with Crippen LogP contribution in [-0.4, -0.2) is 22.6 Å². The third-order valence-corrected chi connectivity index (χ3v) is 10.6. The molecule has 0 radical (unpaired) electrons. The Labute approximate surface area is 200 Å². The smallest absolute Gasteiger partial charge is 0.219 e. The van der Waals surface area contributed by atoms with Gasteiger partial charge in [0.1, 0.15) is 23.2 Å². The zero-order valence-corrected chi connectivity index (χ0v) is 21.4. The van der Waals surface area contributed by atoms with Crippen molar-refractivity contribution in [2.24, 2.45) is 27.2 Å². The summed E-state index contributed by atoms with van der Waals surface area (Å²) in [4.78, 5) is 8.54. The number of benzene rings is 1. The van der Waals surface area contributed by atoms with Crippen molar-refractivity contribution in [3.8, 4) is 0 Å². The van der Waals surface area contributed by atoms with Gasteiger partial charge in [-0.3, -0.25) is 0 Å². The maximum Gasteiger partial charge on any atom is 0.219 e. The van der Waals surface area contributed by atoms with E-state index in [1.165, 1.54) is 5.30 Å². The van der Waals surface area contributed by atoms with Crippen molar-refractivity contribution in [2.45, 2.75) is 44.8 Å². The van der Waals surface area contributed by atoms with E-state index in [1.54, 1.807) is 12.2 Å². The molecule has 6 N–H and O–H groups in total. The van der Waals surface area contributed by atoms with E-state index in [4.69, 9.17) is 17.2 Å². The second-order valence-corrected chi connectivity index (χ2v) is 13.0. The Hall–Kier alpha value is -3.17. The van der Waals surface area contributed by atoms with Gasteiger partial charge in [-0.25, -0.2) is 4.99 Å². The zero-order valence-electron chi connectivity index (χ0n) is 20.5. The Bertz CT molecular complexity index is 961. The number of hydrogen-bond donors (Lipinski definition) is 3. The molecule has 0 saturated carbocycles. The summed E-state index contributed by atoms with van der Waals surface area (Å²) >= 11 is 0. The van der Waals surface area contributed by atoms with Gasteiger partial charge in [-0.1, -0.05) is 56.7 Å². The van der Waals surface area contributed by atoms with Crippen LogP contribution >= 0.6 is 7.26 Å². The molecular weight excluding hydrogens is 425 g/mol. The second kappa shape index (κ2) is 11.6. The highest BCUT2D eigenvalue weighted by atomic mass is 31.2. The highest BCUT2D eigenvalue weighted by molar-refractivity contribution is 7.91. The van der Waals surface area contributed by atoms with Crippen molar-refractivity contribution in [3.05, 3.63) is 104 Å². The molecule has 0 saturated heterocycles. The van der Waals surface area contributed by atoms with Crippen molar-refractivity contribution < 1.29 is 0 Å². The van der Waals surface area contributed by atoms with Gasteiger partial charge < -0.3 is 17.2 Å². The van der Waals surface area contributed by atoms with Crippen molar-refractivity contribution in [1.29, 1.82) is 0 Å². The van der Waals surface area contributed by atoms with E-state index in [9.17, 15) is 0 Å². The fraction of sp³-hybridized carbons (Fsp3) is 0.259. The predicted octanol–water partition coefficient (Wildman–Crippen LogP) is 5.38. The Morgan fingerprint density at radius 3 is 1.76 bits per heavy atom. The first-order valence-electron chi connectivity index (χ1n) is 10.7. The summed E-state index contributed by atoms with van der Waals surface area (Å²) < 4.78 is 0. The largest absolute Gasteiger partial charge is 0.370 e. The lowest BCUT2D eigenvalue weighted by Crippen LogP contribution is -2.40. The minimum Gasteiger partial charge on any atom is -0.370 e. The topological polar surface area (TPSA) is 103 Å². The first kappa shape index (κ1) is 27.9. The molecule has 0 spiro atoms. The minimum atomic E-state index is -2.32. The maximum atomic E-state index is 6.00. The summed E-state index contributed by atoms with van der Waals surface area (Å²) in [6.45, 7) is 24.8. The third kappa shape index (κ3) is 6.43. The van der Waals surface area contributed by atoms with Gasteiger partial charge in [-0.15, -0.1) is 0 Å². The molecule has 6 heteroatoms. The van der Waals surface area contributed by atoms with Crippen molar-refractivity contribution in [2.75, 3.05) is 0 Å². The quantitative estimate of drug-likeness (QED) is 0.177. The Morgan fingerprint density at radius 2 is 1.36 bits per heavy atom. The number of aliphatic imine (C=N–C) groups is 2. The Balaban J connectivity index is 4.03. The molecule has 1 rings (SSSR count). The fourth-order valence-electron chi connectivity index (χ4n) is 4.71. The van der Waals surface area contributed by atoms with E-state index in [-0.39, 0.29) is 17.1 Å². The summed E-state index contributed by atoms with van der Waals surface area (Å²) in [6.07, 6.45) is 12.2. The molecule has 5 nitrogen and oxygen atoms in total. The molecule has 0 heterocycles. The highest BCUT2D eigenvalue weighted by Crippen LogP contribution is 2.80. The van der Waals surface area contributed by atoms with Crippen LogP contribution in [0.3, 0.4) is 0 Å². The van der Waals surface area contributed by atoms with Gasteiger partial charge in [0.2, 0.25) is 5.96 Å². The van der Waals surface area contributed by atoms with Crippen LogP contribution in [0.25, 0.3) is 0 Å². The highest BCUT2D eigenvalue weighted by Gasteiger charge is 2.59. The van der Waals surface area contributed by atoms with Crippen LogP contribution in [0.4, 0.5) is 0 Å². The summed E-state index contributed by atoms with van der Waals surface area (Å²) in [7, 11) is -2.32. The molecule has 0 amide bonds. The van der Waals surface area contributed by atoms with Gasteiger partial charge in [-0.05, 0) is 64.1 Å². The summed E-state index contributed by atoms with van der Waals surface area (Å²) in [5.74, 6) is -0.0706. The molecule has 0 atom stereocenters. The van der Waals surface area contributed by atoms with Crippen LogP contribution in [0.5, 0.6) is 0 Å². The lowest BCUT2D eigenvalue weighted by Gasteiger charge is -2.44. The lowest BCUT2D eigenvalue weighted by atomic mass is 9.93. The average molecular weight is 465 g/mol. The van der Waals surface area contributed by atoms with Crippen molar-refractivity contribution in [3.63, 3.8) is 0 Å². The maximum absolute atomic E-state index is 6.00. The fourth-order valence-corrected chi connectivity index (χ4v) is 10.1. The first-order chi connectivity index (χ1) is 15.4. The van der Waals surface area contributed by atoms with E-state index in [2.05, 4.69) is 74.4 Å². The SMILES string of the molecule is C=C/C=C(\C=C)[P+](/C(C=C)=C/C=C)(c1ccccc1)C(C)(C)CC(C)(C)N=C(N)N=C(N)N. The molecule has 0 fully saturated rings. The van der Waals surface area contributed by atoms with E-state index in [0.29, 0.717) is 6.42 Å². The van der Waals surface area contributed by atoms with Gasteiger partial charge in [-0.2, -0.15) is 4.99 Å². The molecule has 1 aromatic rings. The number of hydrogen-bond acceptors (Lipinski definition) is 1. The molecule has 176 valence electrons. The first-order valence-corrected chi connectivity index (χ1v) is 12.5. The molecule has 0 aliphatic heterocycles. The number of nitrogens with zero attached hydrogens (tertiary/aromatic N) is 2. The molecular formula is C27H39N5P+. The van der Waals surface area contributed by atoms with Crippen molar-refractivity contribution in [1.82, 2.24) is 0 Å². The van der Waals surface area contributed by atoms with Gasteiger partial charge >= 0.3 is 0 Å². The van der Waals surface area contributed by atoms with E-state index < -0.39 is 12.8 Å². The standard InChI is InChI=1S/C27H39N5P/c1-9-16-21(11-3)33(22(12-4)17-10-2,23-18-14-13-15-19-23)27(7,8)20-26(5,6)32-25(30)31-24(28)29/h9-19H,1-4,20H2,5-8H3,(H6,28,29,30,31,32)/q+1/b21-16+,22-17+. The van der Waals surface area contributed by atoms with Crippen molar-refractivity contribution >= 4 is 24.5 Å². The van der Waals surface area contributed by atoms with Gasteiger partial charge in [0.05, 0.1) is 10.7 Å². The molecule has 33 heavy (non-hydrogen) atoms. The second-order valence-electron chi connectivity index (χ2n) is 8.88. The van der Waals surface area contributed by atoms with Crippen LogP contribution in [0.2, 0.25) is 0 Å². The summed E-state index contributed by atoms with van der Waals surface area (Å²) in [6, 6.07) is 10.5. The van der Waals surface area contributed by atoms with Crippen LogP contribution in [0, 0.1) is 0 Å². The van der Waals surface area contributed by atoms with Gasteiger partial charge in [0.15, 0.2) is 5.96 Å². The molecule has 0 aliphatic carbocycles. The number of guanidine groups is 2. The van der Waals surface area contributed by atoms with Crippen LogP contribution in [0.15, 0.2) is 114 Å². The van der Waals surface area contributed by atoms with Crippen LogP contribution in [-0.2, 0) is 0 Å². The predicted molar refractivity (Wildman–Crippen MR) is 150 cm³/mol. The molecule has 0 bridgehead atoms. The van der Waals surface area contributed by atoms with E-state index in [0.717, 1.165) is 10.6 Å². The average Bonchev–Trinajstić information content (AvgIpc) is 2.71.